The van der Waals surface area contributed by atoms with Crippen LogP contribution in [0.15, 0.2) is 24.3 Å². The van der Waals surface area contributed by atoms with Crippen molar-refractivity contribution in [2.24, 2.45) is 5.73 Å². The average molecular weight is 311 g/mol. The van der Waals surface area contributed by atoms with Gasteiger partial charge < -0.3 is 15.4 Å². The Balaban J connectivity index is 2.03. The normalized spacial score (nSPS) is 23.0. The largest absolute Gasteiger partial charge is 0.444 e. The van der Waals surface area contributed by atoms with Crippen molar-refractivity contribution in [3.05, 3.63) is 34.9 Å². The maximum absolute atomic E-state index is 12.1. The Morgan fingerprint density at radius 1 is 1.38 bits per heavy atom. The van der Waals surface area contributed by atoms with Crippen molar-refractivity contribution >= 4 is 17.7 Å². The van der Waals surface area contributed by atoms with Crippen molar-refractivity contribution in [3.63, 3.8) is 0 Å². The van der Waals surface area contributed by atoms with Crippen LogP contribution in [0, 0.1) is 0 Å². The number of nitrogens with two attached hydrogens (primary N) is 1. The summed E-state index contributed by atoms with van der Waals surface area (Å²) in [6, 6.07) is 7.63. The molecule has 0 spiro atoms. The van der Waals surface area contributed by atoms with Crippen LogP contribution in [0.25, 0.3) is 0 Å². The Labute approximate surface area is 131 Å². The summed E-state index contributed by atoms with van der Waals surface area (Å²) in [5.74, 6) is 0.178. The first-order chi connectivity index (χ1) is 9.78. The van der Waals surface area contributed by atoms with E-state index in [2.05, 4.69) is 0 Å². The molecule has 1 heterocycles. The number of carbonyl (C=O) groups is 1. The van der Waals surface area contributed by atoms with Crippen LogP contribution in [0.4, 0.5) is 4.79 Å². The fourth-order valence-corrected chi connectivity index (χ4v) is 2.91. The molecule has 2 unspecified atom stereocenters. The lowest BCUT2D eigenvalue weighted by Gasteiger charge is -2.37. The monoisotopic (exact) mass is 310 g/mol. The number of ether oxygens (including phenoxy) is 1. The van der Waals surface area contributed by atoms with Gasteiger partial charge in [-0.25, -0.2) is 4.79 Å². The van der Waals surface area contributed by atoms with E-state index in [-0.39, 0.29) is 18.1 Å². The van der Waals surface area contributed by atoms with Gasteiger partial charge >= 0.3 is 6.09 Å². The van der Waals surface area contributed by atoms with Crippen LogP contribution in [0.3, 0.4) is 0 Å². The Morgan fingerprint density at radius 3 is 2.62 bits per heavy atom. The molecule has 0 saturated carbocycles. The van der Waals surface area contributed by atoms with Gasteiger partial charge in [0.25, 0.3) is 0 Å². The zero-order valence-corrected chi connectivity index (χ0v) is 13.6. The van der Waals surface area contributed by atoms with E-state index in [0.717, 1.165) is 17.0 Å². The van der Waals surface area contributed by atoms with E-state index in [4.69, 9.17) is 22.1 Å². The van der Waals surface area contributed by atoms with Crippen LogP contribution < -0.4 is 5.73 Å². The first-order valence-electron chi connectivity index (χ1n) is 7.26. The third kappa shape index (κ3) is 4.11. The first-order valence-corrected chi connectivity index (χ1v) is 7.63. The highest BCUT2D eigenvalue weighted by molar-refractivity contribution is 6.31. The van der Waals surface area contributed by atoms with E-state index in [9.17, 15) is 4.79 Å². The number of carbonyl (C=O) groups excluding carboxylic acids is 1. The van der Waals surface area contributed by atoms with Crippen LogP contribution in [0.5, 0.6) is 0 Å². The topological polar surface area (TPSA) is 55.6 Å². The first kappa shape index (κ1) is 16.1. The summed E-state index contributed by atoms with van der Waals surface area (Å²) >= 11 is 6.25. The highest BCUT2D eigenvalue weighted by Gasteiger charge is 2.33. The molecule has 0 bridgehead atoms. The molecule has 0 aromatic heterocycles. The minimum absolute atomic E-state index is 0.133. The maximum Gasteiger partial charge on any atom is 0.410 e. The van der Waals surface area contributed by atoms with Crippen LogP contribution in [0.2, 0.25) is 5.02 Å². The Bertz CT molecular complexity index is 513. The summed E-state index contributed by atoms with van der Waals surface area (Å²) in [6.07, 6.45) is 0.500. The molecule has 5 heteroatoms. The second-order valence-corrected chi connectivity index (χ2v) is 6.91. The summed E-state index contributed by atoms with van der Waals surface area (Å²) in [7, 11) is 0. The fraction of sp³-hybridized carbons (Fsp3) is 0.562. The molecular weight excluding hydrogens is 288 g/mol. The van der Waals surface area contributed by atoms with Crippen LogP contribution in [-0.2, 0) is 4.74 Å². The molecule has 116 valence electrons. The molecule has 0 aliphatic carbocycles. The number of rotatable bonds is 1. The molecule has 21 heavy (non-hydrogen) atoms. The Hall–Kier alpha value is -1.26. The van der Waals surface area contributed by atoms with Gasteiger partial charge in [-0.05, 0) is 38.8 Å². The summed E-state index contributed by atoms with van der Waals surface area (Å²) in [5.41, 5.74) is 6.84. The summed E-state index contributed by atoms with van der Waals surface area (Å²) in [6.45, 7) is 6.72. The quantitative estimate of drug-likeness (QED) is 0.865. The number of likely N-dealkylation sites (tertiary alicyclic amines) is 1. The molecule has 2 N–H and O–H groups in total. The fourth-order valence-electron chi connectivity index (χ4n) is 2.64. The molecule has 0 radical (unpaired) electrons. The maximum atomic E-state index is 12.1. The minimum Gasteiger partial charge on any atom is -0.444 e. The van der Waals surface area contributed by atoms with Gasteiger partial charge in [0.05, 0.1) is 0 Å². The zero-order chi connectivity index (χ0) is 15.6. The number of hydrogen-bond acceptors (Lipinski definition) is 3. The lowest BCUT2D eigenvalue weighted by atomic mass is 9.86. The molecule has 1 fully saturated rings. The second kappa shape index (κ2) is 6.24. The van der Waals surface area contributed by atoms with Gasteiger partial charge in [0.15, 0.2) is 0 Å². The standard InChI is InChI=1S/C16H23ClN2O2/c1-16(2,3)21-15(20)19-9-8-12(14(18)10-19)11-6-4-5-7-13(11)17/h4-7,12,14H,8-10,18H2,1-3H3. The minimum atomic E-state index is -0.485. The van der Waals surface area contributed by atoms with Crippen molar-refractivity contribution < 1.29 is 9.53 Å². The smallest absolute Gasteiger partial charge is 0.410 e. The summed E-state index contributed by atoms with van der Waals surface area (Å²) in [4.78, 5) is 13.8. The van der Waals surface area contributed by atoms with E-state index >= 15 is 0 Å². The number of nitrogens with zero attached hydrogens (tertiary/aromatic N) is 1. The highest BCUT2D eigenvalue weighted by atomic mass is 35.5. The van der Waals surface area contributed by atoms with Crippen molar-refractivity contribution in [3.8, 4) is 0 Å². The van der Waals surface area contributed by atoms with Gasteiger partial charge in [-0.15, -0.1) is 0 Å². The SMILES string of the molecule is CC(C)(C)OC(=O)N1CCC(c2ccccc2Cl)C(N)C1. The average Bonchev–Trinajstić information content (AvgIpc) is 2.38. The molecular formula is C16H23ClN2O2. The number of benzene rings is 1. The van der Waals surface area contributed by atoms with Gasteiger partial charge in [-0.1, -0.05) is 29.8 Å². The Morgan fingerprint density at radius 2 is 2.05 bits per heavy atom. The van der Waals surface area contributed by atoms with Gasteiger partial charge in [-0.3, -0.25) is 0 Å². The Kier molecular flexibility index (Phi) is 4.79. The number of piperidine rings is 1. The zero-order valence-electron chi connectivity index (χ0n) is 12.8. The third-order valence-electron chi connectivity index (χ3n) is 3.61. The lowest BCUT2D eigenvalue weighted by molar-refractivity contribution is 0.0186. The van der Waals surface area contributed by atoms with Crippen LogP contribution in [0.1, 0.15) is 38.7 Å². The highest BCUT2D eigenvalue weighted by Crippen LogP contribution is 2.32. The second-order valence-electron chi connectivity index (χ2n) is 6.51. The molecule has 1 aliphatic heterocycles. The van der Waals surface area contributed by atoms with E-state index in [1.165, 1.54) is 0 Å². The van der Waals surface area contributed by atoms with Gasteiger partial charge in [-0.2, -0.15) is 0 Å². The number of hydrogen-bond donors (Lipinski definition) is 1. The van der Waals surface area contributed by atoms with Crippen molar-refractivity contribution in [2.75, 3.05) is 13.1 Å². The predicted molar refractivity (Wildman–Crippen MR) is 84.6 cm³/mol. The van der Waals surface area contributed by atoms with E-state index in [1.54, 1.807) is 4.90 Å². The lowest BCUT2D eigenvalue weighted by Crippen LogP contribution is -2.50. The van der Waals surface area contributed by atoms with E-state index in [1.807, 2.05) is 45.0 Å². The molecule has 1 aromatic rings. The molecule has 4 nitrogen and oxygen atoms in total. The molecule has 1 aromatic carbocycles. The molecule has 2 rings (SSSR count). The van der Waals surface area contributed by atoms with E-state index in [0.29, 0.717) is 13.1 Å². The van der Waals surface area contributed by atoms with Crippen LogP contribution >= 0.6 is 11.6 Å². The van der Waals surface area contributed by atoms with Crippen molar-refractivity contribution in [1.29, 1.82) is 0 Å². The number of halogens is 1. The molecule has 1 amide bonds. The van der Waals surface area contributed by atoms with Gasteiger partial charge in [0.1, 0.15) is 5.60 Å². The summed E-state index contributed by atoms with van der Waals surface area (Å²) < 4.78 is 5.40. The van der Waals surface area contributed by atoms with Crippen LogP contribution in [-0.4, -0.2) is 35.7 Å². The van der Waals surface area contributed by atoms with Crippen molar-refractivity contribution in [1.82, 2.24) is 4.90 Å². The molecule has 2 atom stereocenters. The van der Waals surface area contributed by atoms with Crippen molar-refractivity contribution in [2.45, 2.75) is 44.8 Å². The van der Waals surface area contributed by atoms with Gasteiger partial charge in [0, 0.05) is 30.1 Å². The molecule has 1 aliphatic rings. The predicted octanol–water partition coefficient (Wildman–Crippen LogP) is 3.39. The van der Waals surface area contributed by atoms with Gasteiger partial charge in [0.2, 0.25) is 0 Å². The van der Waals surface area contributed by atoms with E-state index < -0.39 is 5.60 Å². The summed E-state index contributed by atoms with van der Waals surface area (Å²) in [5, 5.41) is 0.740. The molecule has 1 saturated heterocycles. The third-order valence-corrected chi connectivity index (χ3v) is 3.96. The number of amides is 1.